The molecule has 2 aromatic carbocycles. The van der Waals surface area contributed by atoms with Crippen molar-refractivity contribution < 1.29 is 0 Å². The molecule has 0 saturated heterocycles. The molecule has 0 unspecified atom stereocenters. The molecule has 1 aliphatic carbocycles. The molecule has 2 aromatic rings. The second kappa shape index (κ2) is 9.93. The molecule has 0 bridgehead atoms. The lowest BCUT2D eigenvalue weighted by molar-refractivity contribution is 0.779. The van der Waals surface area contributed by atoms with Gasteiger partial charge in [-0.3, -0.25) is 0 Å². The molecule has 0 heteroatoms. The van der Waals surface area contributed by atoms with Gasteiger partial charge in [0.05, 0.1) is 0 Å². The van der Waals surface area contributed by atoms with Crippen molar-refractivity contribution in [2.75, 3.05) is 0 Å². The molecule has 0 aliphatic heterocycles. The first kappa shape index (κ1) is 19.9. The Kier molecular flexibility index (Phi) is 7.33. The summed E-state index contributed by atoms with van der Waals surface area (Å²) in [4.78, 5) is 0. The van der Waals surface area contributed by atoms with Crippen molar-refractivity contribution in [1.82, 2.24) is 0 Å². The molecule has 0 saturated carbocycles. The van der Waals surface area contributed by atoms with Crippen LogP contribution in [0.1, 0.15) is 89.7 Å². The van der Waals surface area contributed by atoms with Gasteiger partial charge in [0.15, 0.2) is 0 Å². The van der Waals surface area contributed by atoms with Gasteiger partial charge < -0.3 is 0 Å². The number of hydrogen-bond acceptors (Lipinski definition) is 0. The highest BCUT2D eigenvalue weighted by atomic mass is 14.2. The van der Waals surface area contributed by atoms with E-state index in [1.54, 1.807) is 16.7 Å². The molecule has 0 radical (unpaired) electrons. The third kappa shape index (κ3) is 4.72. The molecular formula is C27H36. The largest absolute Gasteiger partial charge is 0.0655 e. The SMILES string of the molecule is CCCCC1=CC(CCCC)=C(c2ccc(CCCC)c3ccccc23)C1. The molecular weight excluding hydrogens is 324 g/mol. The molecule has 0 spiro atoms. The number of benzene rings is 2. The quantitative estimate of drug-likeness (QED) is 0.397. The molecule has 0 N–H and O–H groups in total. The lowest BCUT2D eigenvalue weighted by atomic mass is 9.90. The molecule has 27 heavy (non-hydrogen) atoms. The van der Waals surface area contributed by atoms with Crippen molar-refractivity contribution in [3.05, 3.63) is 64.7 Å². The normalized spacial score (nSPS) is 14.3. The Morgan fingerprint density at radius 3 is 2.11 bits per heavy atom. The predicted octanol–water partition coefficient (Wildman–Crippen LogP) is 8.65. The fourth-order valence-electron chi connectivity index (χ4n) is 4.36. The number of unbranched alkanes of at least 4 members (excludes halogenated alkanes) is 3. The molecule has 0 atom stereocenters. The van der Waals surface area contributed by atoms with Crippen LogP contribution in [0.4, 0.5) is 0 Å². The molecule has 144 valence electrons. The number of aryl methyl sites for hydroxylation is 1. The standard InChI is InChI=1S/C27H36/c1-4-7-12-21-19-23(14-9-6-3)27(20-21)26-18-17-22(13-8-5-2)24-15-10-11-16-25(24)26/h10-11,15-19H,4-9,12-14,20H2,1-3H3. The zero-order valence-corrected chi connectivity index (χ0v) is 17.6. The molecule has 0 heterocycles. The maximum atomic E-state index is 2.54. The average Bonchev–Trinajstić information content (AvgIpc) is 3.11. The second-order valence-electron chi connectivity index (χ2n) is 8.11. The van der Waals surface area contributed by atoms with E-state index in [-0.39, 0.29) is 0 Å². The van der Waals surface area contributed by atoms with Crippen molar-refractivity contribution in [3.63, 3.8) is 0 Å². The summed E-state index contributed by atoms with van der Waals surface area (Å²) in [6.07, 6.45) is 15.1. The van der Waals surface area contributed by atoms with Crippen LogP contribution in [0.3, 0.4) is 0 Å². The van der Waals surface area contributed by atoms with Crippen LogP contribution in [-0.2, 0) is 6.42 Å². The van der Waals surface area contributed by atoms with Gasteiger partial charge in [-0.25, -0.2) is 0 Å². The summed E-state index contributed by atoms with van der Waals surface area (Å²) >= 11 is 0. The minimum atomic E-state index is 1.16. The van der Waals surface area contributed by atoms with Gasteiger partial charge in [0.25, 0.3) is 0 Å². The lowest BCUT2D eigenvalue weighted by Gasteiger charge is -2.15. The Morgan fingerprint density at radius 2 is 1.37 bits per heavy atom. The zero-order chi connectivity index (χ0) is 19.1. The number of hydrogen-bond donors (Lipinski definition) is 0. The maximum absolute atomic E-state index is 2.54. The van der Waals surface area contributed by atoms with E-state index in [9.17, 15) is 0 Å². The zero-order valence-electron chi connectivity index (χ0n) is 17.6. The van der Waals surface area contributed by atoms with E-state index in [0.29, 0.717) is 0 Å². The van der Waals surface area contributed by atoms with Crippen LogP contribution in [0.2, 0.25) is 0 Å². The Hall–Kier alpha value is -1.82. The minimum absolute atomic E-state index is 1.16. The first-order valence-corrected chi connectivity index (χ1v) is 11.2. The summed E-state index contributed by atoms with van der Waals surface area (Å²) in [6.45, 7) is 6.88. The van der Waals surface area contributed by atoms with Gasteiger partial charge in [-0.05, 0) is 78.0 Å². The first-order chi connectivity index (χ1) is 13.3. The van der Waals surface area contributed by atoms with Crippen LogP contribution in [0.15, 0.2) is 53.6 Å². The molecule has 1 aliphatic rings. The summed E-state index contributed by atoms with van der Waals surface area (Å²) in [6, 6.07) is 13.9. The van der Waals surface area contributed by atoms with E-state index in [1.165, 1.54) is 79.7 Å². The van der Waals surface area contributed by atoms with Gasteiger partial charge in [0.2, 0.25) is 0 Å². The van der Waals surface area contributed by atoms with E-state index >= 15 is 0 Å². The van der Waals surface area contributed by atoms with Crippen molar-refractivity contribution in [2.45, 2.75) is 85.0 Å². The third-order valence-corrected chi connectivity index (χ3v) is 5.96. The third-order valence-electron chi connectivity index (χ3n) is 5.96. The Bertz CT molecular complexity index is 819. The summed E-state index contributed by atoms with van der Waals surface area (Å²) in [5, 5.41) is 2.92. The van der Waals surface area contributed by atoms with Gasteiger partial charge in [-0.15, -0.1) is 0 Å². The van der Waals surface area contributed by atoms with Crippen LogP contribution >= 0.6 is 0 Å². The Morgan fingerprint density at radius 1 is 0.704 bits per heavy atom. The van der Waals surface area contributed by atoms with Gasteiger partial charge >= 0.3 is 0 Å². The molecule has 0 nitrogen and oxygen atoms in total. The summed E-state index contributed by atoms with van der Waals surface area (Å²) in [7, 11) is 0. The lowest BCUT2D eigenvalue weighted by Crippen LogP contribution is -1.94. The first-order valence-electron chi connectivity index (χ1n) is 11.2. The van der Waals surface area contributed by atoms with Gasteiger partial charge in [-0.2, -0.15) is 0 Å². The predicted molar refractivity (Wildman–Crippen MR) is 121 cm³/mol. The Balaban J connectivity index is 1.99. The van der Waals surface area contributed by atoms with Gasteiger partial charge in [0.1, 0.15) is 0 Å². The maximum Gasteiger partial charge on any atom is -0.00550 e. The fraction of sp³-hybridized carbons (Fsp3) is 0.481. The van der Waals surface area contributed by atoms with E-state index < -0.39 is 0 Å². The highest BCUT2D eigenvalue weighted by Gasteiger charge is 2.19. The summed E-state index contributed by atoms with van der Waals surface area (Å²) in [5.41, 5.74) is 7.86. The Labute approximate surface area is 166 Å². The summed E-state index contributed by atoms with van der Waals surface area (Å²) < 4.78 is 0. The summed E-state index contributed by atoms with van der Waals surface area (Å²) in [5.74, 6) is 0. The number of allylic oxidation sites excluding steroid dienone is 4. The molecule has 0 aromatic heterocycles. The minimum Gasteiger partial charge on any atom is -0.0655 e. The van der Waals surface area contributed by atoms with Gasteiger partial charge in [-0.1, -0.05) is 88.1 Å². The van der Waals surface area contributed by atoms with Crippen LogP contribution in [0, 0.1) is 0 Å². The average molecular weight is 361 g/mol. The van der Waals surface area contributed by atoms with Crippen LogP contribution < -0.4 is 0 Å². The van der Waals surface area contributed by atoms with Gasteiger partial charge in [0, 0.05) is 0 Å². The van der Waals surface area contributed by atoms with E-state index in [4.69, 9.17) is 0 Å². The molecule has 0 fully saturated rings. The van der Waals surface area contributed by atoms with Crippen molar-refractivity contribution in [1.29, 1.82) is 0 Å². The molecule has 3 rings (SSSR count). The molecule has 0 amide bonds. The van der Waals surface area contributed by atoms with Crippen LogP contribution in [0.25, 0.3) is 16.3 Å². The highest BCUT2D eigenvalue weighted by Crippen LogP contribution is 2.40. The monoisotopic (exact) mass is 360 g/mol. The van der Waals surface area contributed by atoms with Crippen molar-refractivity contribution in [2.24, 2.45) is 0 Å². The van der Waals surface area contributed by atoms with E-state index in [0.717, 1.165) is 6.42 Å². The number of fused-ring (bicyclic) bond motifs is 1. The van der Waals surface area contributed by atoms with Crippen molar-refractivity contribution >= 4 is 16.3 Å². The van der Waals surface area contributed by atoms with E-state index in [1.807, 2.05) is 0 Å². The van der Waals surface area contributed by atoms with E-state index in [2.05, 4.69) is 63.2 Å². The van der Waals surface area contributed by atoms with Crippen LogP contribution in [0.5, 0.6) is 0 Å². The second-order valence-corrected chi connectivity index (χ2v) is 8.11. The highest BCUT2D eigenvalue weighted by molar-refractivity contribution is 5.97. The van der Waals surface area contributed by atoms with Crippen LogP contribution in [-0.4, -0.2) is 0 Å². The smallest absolute Gasteiger partial charge is 0.00550 e. The fourth-order valence-corrected chi connectivity index (χ4v) is 4.36. The van der Waals surface area contributed by atoms with Crippen molar-refractivity contribution in [3.8, 4) is 0 Å². The topological polar surface area (TPSA) is 0 Å². The number of rotatable bonds is 10.